The molecular formula is C26H25N3O2S. The fraction of sp³-hybridized carbons (Fsp3) is 0.192. The predicted octanol–water partition coefficient (Wildman–Crippen LogP) is 5.38. The van der Waals surface area contributed by atoms with Crippen LogP contribution in [0.3, 0.4) is 0 Å². The van der Waals surface area contributed by atoms with E-state index in [0.29, 0.717) is 16.1 Å². The Bertz CT molecular complexity index is 1330. The van der Waals surface area contributed by atoms with Gasteiger partial charge in [0.25, 0.3) is 5.56 Å². The molecule has 0 aliphatic rings. The maximum atomic E-state index is 13.4. The minimum Gasteiger partial charge on any atom is -0.325 e. The van der Waals surface area contributed by atoms with Crippen molar-refractivity contribution in [2.75, 3.05) is 5.32 Å². The average Bonchev–Trinajstić information content (AvgIpc) is 2.81. The third-order valence-corrected chi connectivity index (χ3v) is 6.45. The van der Waals surface area contributed by atoms with Gasteiger partial charge in [-0.05, 0) is 61.7 Å². The summed E-state index contributed by atoms with van der Waals surface area (Å²) < 4.78 is 1.60. The van der Waals surface area contributed by atoms with E-state index < -0.39 is 5.25 Å². The van der Waals surface area contributed by atoms with Crippen molar-refractivity contribution in [2.45, 2.75) is 37.6 Å². The third-order valence-electron chi connectivity index (χ3n) is 5.40. The molecule has 0 radical (unpaired) electrons. The van der Waals surface area contributed by atoms with Crippen molar-refractivity contribution in [3.8, 4) is 5.69 Å². The SMILES string of the molecule is CCc1ccc(-n2c(SC(C)C(=O)Nc3ccccc3C)nc3ccccc3c2=O)cc1. The topological polar surface area (TPSA) is 64.0 Å². The van der Waals surface area contributed by atoms with Gasteiger partial charge in [0.15, 0.2) is 5.16 Å². The Morgan fingerprint density at radius 2 is 1.72 bits per heavy atom. The van der Waals surface area contributed by atoms with Gasteiger partial charge in [0, 0.05) is 5.69 Å². The van der Waals surface area contributed by atoms with Crippen molar-refractivity contribution in [3.05, 3.63) is 94.3 Å². The summed E-state index contributed by atoms with van der Waals surface area (Å²) in [4.78, 5) is 31.0. The minimum atomic E-state index is -0.455. The van der Waals surface area contributed by atoms with Crippen LogP contribution >= 0.6 is 11.8 Å². The van der Waals surface area contributed by atoms with Gasteiger partial charge in [-0.25, -0.2) is 4.98 Å². The third kappa shape index (κ3) is 4.46. The van der Waals surface area contributed by atoms with Crippen LogP contribution in [0.2, 0.25) is 0 Å². The number of carbonyl (C=O) groups excluding carboxylic acids is 1. The molecule has 0 bridgehead atoms. The molecule has 0 saturated carbocycles. The van der Waals surface area contributed by atoms with Gasteiger partial charge in [0.1, 0.15) is 0 Å². The van der Waals surface area contributed by atoms with E-state index in [-0.39, 0.29) is 11.5 Å². The van der Waals surface area contributed by atoms with Crippen LogP contribution in [0.25, 0.3) is 16.6 Å². The van der Waals surface area contributed by atoms with Crippen LogP contribution in [0.5, 0.6) is 0 Å². The van der Waals surface area contributed by atoms with Crippen LogP contribution < -0.4 is 10.9 Å². The van der Waals surface area contributed by atoms with E-state index >= 15 is 0 Å². The number of para-hydroxylation sites is 2. The smallest absolute Gasteiger partial charge is 0.266 e. The van der Waals surface area contributed by atoms with Gasteiger partial charge in [-0.2, -0.15) is 0 Å². The summed E-state index contributed by atoms with van der Waals surface area (Å²) in [6, 6.07) is 22.8. The summed E-state index contributed by atoms with van der Waals surface area (Å²) in [5.74, 6) is -0.139. The molecule has 1 atom stereocenters. The molecule has 6 heteroatoms. The van der Waals surface area contributed by atoms with E-state index in [1.54, 1.807) is 10.6 Å². The number of nitrogens with zero attached hydrogens (tertiary/aromatic N) is 2. The number of carbonyl (C=O) groups is 1. The molecule has 162 valence electrons. The number of hydrogen-bond donors (Lipinski definition) is 1. The van der Waals surface area contributed by atoms with Gasteiger partial charge in [0.05, 0.1) is 21.8 Å². The first kappa shape index (κ1) is 21.8. The molecule has 1 amide bonds. The van der Waals surface area contributed by atoms with Crippen molar-refractivity contribution in [3.63, 3.8) is 0 Å². The molecule has 1 aromatic heterocycles. The van der Waals surface area contributed by atoms with E-state index in [4.69, 9.17) is 4.98 Å². The van der Waals surface area contributed by atoms with Gasteiger partial charge in [-0.1, -0.05) is 61.2 Å². The summed E-state index contributed by atoms with van der Waals surface area (Å²) in [5, 5.41) is 3.57. The highest BCUT2D eigenvalue weighted by molar-refractivity contribution is 8.00. The van der Waals surface area contributed by atoms with Gasteiger partial charge < -0.3 is 5.32 Å². The lowest BCUT2D eigenvalue weighted by molar-refractivity contribution is -0.115. The number of thioether (sulfide) groups is 1. The molecule has 1 N–H and O–H groups in total. The van der Waals surface area contributed by atoms with Crippen molar-refractivity contribution in [2.24, 2.45) is 0 Å². The first-order valence-electron chi connectivity index (χ1n) is 10.6. The molecule has 5 nitrogen and oxygen atoms in total. The molecule has 0 aliphatic carbocycles. The average molecular weight is 444 g/mol. The van der Waals surface area contributed by atoms with Gasteiger partial charge in [-0.3, -0.25) is 14.2 Å². The van der Waals surface area contributed by atoms with Crippen LogP contribution in [-0.4, -0.2) is 20.7 Å². The Hall–Kier alpha value is -3.38. The molecule has 1 heterocycles. The molecule has 0 saturated heterocycles. The van der Waals surface area contributed by atoms with Crippen molar-refractivity contribution in [1.82, 2.24) is 9.55 Å². The lowest BCUT2D eigenvalue weighted by atomic mass is 10.1. The standard InChI is InChI=1S/C26H25N3O2S/c1-4-19-13-15-20(16-14-19)29-25(31)21-10-6-8-12-23(21)28-26(29)32-18(3)24(30)27-22-11-7-5-9-17(22)2/h5-16,18H,4H2,1-3H3,(H,27,30). The zero-order valence-corrected chi connectivity index (χ0v) is 19.1. The summed E-state index contributed by atoms with van der Waals surface area (Å²) in [5.41, 5.74) is 4.18. The van der Waals surface area contributed by atoms with Crippen molar-refractivity contribution in [1.29, 1.82) is 0 Å². The first-order valence-corrected chi connectivity index (χ1v) is 11.5. The number of rotatable bonds is 6. The lowest BCUT2D eigenvalue weighted by Gasteiger charge is -2.17. The maximum Gasteiger partial charge on any atom is 0.266 e. The molecule has 0 aliphatic heterocycles. The van der Waals surface area contributed by atoms with Crippen LogP contribution in [0, 0.1) is 6.92 Å². The first-order chi connectivity index (χ1) is 15.5. The highest BCUT2D eigenvalue weighted by Gasteiger charge is 2.21. The van der Waals surface area contributed by atoms with E-state index in [9.17, 15) is 9.59 Å². The Morgan fingerprint density at radius 3 is 2.44 bits per heavy atom. The number of nitrogens with one attached hydrogen (secondary N) is 1. The molecule has 4 aromatic rings. The number of aromatic nitrogens is 2. The number of fused-ring (bicyclic) bond motifs is 1. The number of hydrogen-bond acceptors (Lipinski definition) is 4. The quantitative estimate of drug-likeness (QED) is 0.321. The van der Waals surface area contributed by atoms with Gasteiger partial charge in [-0.15, -0.1) is 0 Å². The summed E-state index contributed by atoms with van der Waals surface area (Å²) in [7, 11) is 0. The van der Waals surface area contributed by atoms with E-state index in [0.717, 1.165) is 23.4 Å². The predicted molar refractivity (Wildman–Crippen MR) is 132 cm³/mol. The highest BCUT2D eigenvalue weighted by Crippen LogP contribution is 2.26. The summed E-state index contributed by atoms with van der Waals surface area (Å²) in [6.45, 7) is 5.87. The number of anilines is 1. The second-order valence-corrected chi connectivity index (χ2v) is 8.94. The number of aryl methyl sites for hydroxylation is 2. The second kappa shape index (κ2) is 9.40. The molecule has 1 unspecified atom stereocenters. The molecule has 3 aromatic carbocycles. The molecule has 0 spiro atoms. The van der Waals surface area contributed by atoms with Crippen molar-refractivity contribution >= 4 is 34.3 Å². The highest BCUT2D eigenvalue weighted by atomic mass is 32.2. The Morgan fingerprint density at radius 1 is 1.03 bits per heavy atom. The minimum absolute atomic E-state index is 0.139. The largest absolute Gasteiger partial charge is 0.325 e. The Labute approximate surface area is 191 Å². The molecule has 32 heavy (non-hydrogen) atoms. The van der Waals surface area contributed by atoms with Crippen LogP contribution in [0.1, 0.15) is 25.0 Å². The lowest BCUT2D eigenvalue weighted by Crippen LogP contribution is -2.26. The van der Waals surface area contributed by atoms with Gasteiger partial charge in [0.2, 0.25) is 5.91 Å². The normalized spacial score (nSPS) is 12.0. The fourth-order valence-electron chi connectivity index (χ4n) is 3.46. The van der Waals surface area contributed by atoms with Gasteiger partial charge >= 0.3 is 0 Å². The molecule has 0 fully saturated rings. The van der Waals surface area contributed by atoms with Crippen LogP contribution in [-0.2, 0) is 11.2 Å². The van der Waals surface area contributed by atoms with E-state index in [1.165, 1.54) is 17.3 Å². The van der Waals surface area contributed by atoms with Crippen LogP contribution in [0.15, 0.2) is 82.7 Å². The van der Waals surface area contributed by atoms with E-state index in [1.807, 2.05) is 80.6 Å². The zero-order valence-electron chi connectivity index (χ0n) is 18.3. The van der Waals surface area contributed by atoms with Crippen molar-refractivity contribution < 1.29 is 4.79 Å². The monoisotopic (exact) mass is 443 g/mol. The van der Waals surface area contributed by atoms with E-state index in [2.05, 4.69) is 12.2 Å². The zero-order chi connectivity index (χ0) is 22.7. The van der Waals surface area contributed by atoms with Crippen LogP contribution in [0.4, 0.5) is 5.69 Å². The maximum absolute atomic E-state index is 13.4. The fourth-order valence-corrected chi connectivity index (χ4v) is 4.39. The number of benzene rings is 3. The number of amides is 1. The Kier molecular flexibility index (Phi) is 6.42. The Balaban J connectivity index is 1.72. The summed E-state index contributed by atoms with van der Waals surface area (Å²) >= 11 is 1.28. The molecular weight excluding hydrogens is 418 g/mol. The summed E-state index contributed by atoms with van der Waals surface area (Å²) in [6.07, 6.45) is 0.920. The molecule has 4 rings (SSSR count). The second-order valence-electron chi connectivity index (χ2n) is 7.64.